The molecule has 0 aliphatic carbocycles. The Morgan fingerprint density at radius 2 is 1.10 bits per heavy atom. The first-order chi connectivity index (χ1) is 8.80. The summed E-state index contributed by atoms with van der Waals surface area (Å²) in [5.41, 5.74) is 1.29. The Labute approximate surface area is 138 Å². The van der Waals surface area contributed by atoms with Crippen molar-refractivity contribution in [1.29, 1.82) is 0 Å². The molecule has 7 heteroatoms. The molecule has 0 bridgehead atoms. The average Bonchev–Trinajstić information content (AvgIpc) is 2.33. The Hall–Kier alpha value is -0.236. The Morgan fingerprint density at radius 1 is 0.950 bits per heavy atom. The zero-order chi connectivity index (χ0) is 16.9. The average molecular weight is 330 g/mol. The van der Waals surface area contributed by atoms with Crippen LogP contribution >= 0.6 is 0 Å². The number of hydrogen-bond acceptors (Lipinski definition) is 5. The molecule has 0 aliphatic heterocycles. The van der Waals surface area contributed by atoms with Gasteiger partial charge in [-0.05, 0) is 27.7 Å². The summed E-state index contributed by atoms with van der Waals surface area (Å²) < 4.78 is 0. The molecule has 6 nitrogen and oxygen atoms in total. The number of hydrogen-bond donors (Lipinski definition) is 3. The molecule has 0 saturated heterocycles. The van der Waals surface area contributed by atoms with E-state index in [2.05, 4.69) is 0 Å². The number of aliphatic hydroxyl groups excluding tert-OH is 2. The third kappa shape index (κ3) is 82.8. The molecule has 122 valence electrons. The van der Waals surface area contributed by atoms with E-state index >= 15 is 0 Å². The Kier molecular flexibility index (Phi) is 78.6. The summed E-state index contributed by atoms with van der Waals surface area (Å²) in [7, 11) is 1.00. The van der Waals surface area contributed by atoms with E-state index in [-0.39, 0.29) is 41.5 Å². The number of aliphatic hydroxyl groups is 2. The summed E-state index contributed by atoms with van der Waals surface area (Å²) >= 11 is 0. The van der Waals surface area contributed by atoms with Crippen LogP contribution in [0.2, 0.25) is 0 Å². The van der Waals surface area contributed by atoms with Crippen LogP contribution in [0, 0.1) is 0 Å². The van der Waals surface area contributed by atoms with Gasteiger partial charge in [0.15, 0.2) is 0 Å². The zero-order valence-electron chi connectivity index (χ0n) is 13.7. The standard InChI is InChI=1S/C6H10O2.C2H6O.2C2H5O.CH4O.Ti/c1-4(2)5(3)6(7)8;3*1-2-3;1-2;/h1-3H3,(H,7,8);3H,2H2,1H3;2*2H2,1H3;2H,1H3;/q;;2*-1;;+2. The summed E-state index contributed by atoms with van der Waals surface area (Å²) in [6.45, 7) is 10.2. The predicted molar refractivity (Wildman–Crippen MR) is 73.7 cm³/mol. The largest absolute Gasteiger partial charge is 2.00 e. The van der Waals surface area contributed by atoms with Gasteiger partial charge in [0.25, 0.3) is 0 Å². The topological polar surface area (TPSA) is 124 Å². The van der Waals surface area contributed by atoms with E-state index in [1.165, 1.54) is 0 Å². The molecule has 0 unspecified atom stereocenters. The molecule has 0 rings (SSSR count). The molecule has 0 fully saturated rings. The zero-order valence-corrected chi connectivity index (χ0v) is 15.2. The quantitative estimate of drug-likeness (QED) is 0.450. The number of carboxylic acid groups (broad SMARTS) is 1. The van der Waals surface area contributed by atoms with Crippen molar-refractivity contribution in [2.24, 2.45) is 0 Å². The second-order valence-electron chi connectivity index (χ2n) is 2.82. The van der Waals surface area contributed by atoms with Gasteiger partial charge in [-0.1, -0.05) is 19.4 Å². The number of allylic oxidation sites excluding steroid dienone is 1. The molecule has 0 saturated carbocycles. The van der Waals surface area contributed by atoms with Crippen LogP contribution < -0.4 is 10.2 Å². The van der Waals surface area contributed by atoms with Crippen LogP contribution in [-0.2, 0) is 26.5 Å². The van der Waals surface area contributed by atoms with Crippen LogP contribution in [0.4, 0.5) is 0 Å². The summed E-state index contributed by atoms with van der Waals surface area (Å²) in [6, 6.07) is 0. The smallest absolute Gasteiger partial charge is 0.855 e. The normalized spacial score (nSPS) is 6.35. The molecule has 0 aliphatic rings. The maximum absolute atomic E-state index is 10.1. The van der Waals surface area contributed by atoms with Crippen LogP contribution in [0.5, 0.6) is 0 Å². The predicted octanol–water partition coefficient (Wildman–Crippen LogP) is -0.235. The summed E-state index contributed by atoms with van der Waals surface area (Å²) in [5.74, 6) is -0.829. The van der Waals surface area contributed by atoms with E-state index in [1.54, 1.807) is 41.5 Å². The molecule has 0 heterocycles. The summed E-state index contributed by atoms with van der Waals surface area (Å²) in [4.78, 5) is 10.1. The minimum absolute atomic E-state index is 0. The van der Waals surface area contributed by atoms with E-state index in [0.717, 1.165) is 12.7 Å². The molecular formula is C13H30O6Ti. The number of rotatable bonds is 1. The van der Waals surface area contributed by atoms with Crippen LogP contribution in [0.25, 0.3) is 0 Å². The van der Waals surface area contributed by atoms with Crippen molar-refractivity contribution in [2.45, 2.75) is 41.5 Å². The van der Waals surface area contributed by atoms with Crippen LogP contribution in [0.15, 0.2) is 11.1 Å². The van der Waals surface area contributed by atoms with Crippen molar-refractivity contribution in [3.05, 3.63) is 11.1 Å². The van der Waals surface area contributed by atoms with Gasteiger partial charge >= 0.3 is 27.7 Å². The second-order valence-corrected chi connectivity index (χ2v) is 2.82. The van der Waals surface area contributed by atoms with Gasteiger partial charge in [0, 0.05) is 19.3 Å². The molecule has 20 heavy (non-hydrogen) atoms. The third-order valence-electron chi connectivity index (χ3n) is 1.07. The fraction of sp³-hybridized carbons (Fsp3) is 0.769. The van der Waals surface area contributed by atoms with E-state index in [4.69, 9.17) is 25.5 Å². The molecule has 0 aromatic carbocycles. The summed E-state index contributed by atoms with van der Waals surface area (Å²) in [6.07, 6.45) is 0. The SMILES string of the molecule is CC(C)=C(C)C(=O)O.CCO.CC[O-].CC[O-].CO.[Ti+2]. The van der Waals surface area contributed by atoms with Gasteiger partial charge in [0.1, 0.15) is 0 Å². The minimum atomic E-state index is -0.829. The number of carbonyl (C=O) groups is 1. The molecule has 0 atom stereocenters. The maximum atomic E-state index is 10.1. The van der Waals surface area contributed by atoms with Crippen molar-refractivity contribution in [3.8, 4) is 0 Å². The van der Waals surface area contributed by atoms with Crippen molar-refractivity contribution in [1.82, 2.24) is 0 Å². The monoisotopic (exact) mass is 330 g/mol. The van der Waals surface area contributed by atoms with E-state index in [9.17, 15) is 4.79 Å². The number of carboxylic acids is 1. The first-order valence-corrected chi connectivity index (χ1v) is 5.89. The molecular weight excluding hydrogens is 300 g/mol. The van der Waals surface area contributed by atoms with Crippen molar-refractivity contribution in [2.75, 3.05) is 26.9 Å². The molecule has 0 spiro atoms. The molecule has 0 amide bonds. The van der Waals surface area contributed by atoms with Crippen LogP contribution in [0.1, 0.15) is 41.5 Å². The van der Waals surface area contributed by atoms with Gasteiger partial charge in [-0.3, -0.25) is 0 Å². The summed E-state index contributed by atoms with van der Waals surface area (Å²) in [5, 5.41) is 40.7. The van der Waals surface area contributed by atoms with Gasteiger partial charge in [0.2, 0.25) is 0 Å². The van der Waals surface area contributed by atoms with Crippen LogP contribution in [0.3, 0.4) is 0 Å². The molecule has 0 aromatic heterocycles. The van der Waals surface area contributed by atoms with Gasteiger partial charge < -0.3 is 25.5 Å². The molecule has 0 radical (unpaired) electrons. The Balaban J connectivity index is -0.0000000347. The fourth-order valence-electron chi connectivity index (χ4n) is 0.214. The molecule has 3 N–H and O–H groups in total. The second kappa shape index (κ2) is 42.8. The third-order valence-corrected chi connectivity index (χ3v) is 1.07. The van der Waals surface area contributed by atoms with Gasteiger partial charge in [-0.2, -0.15) is 0 Å². The fourth-order valence-corrected chi connectivity index (χ4v) is 0.214. The van der Waals surface area contributed by atoms with Gasteiger partial charge in [-0.25, -0.2) is 4.79 Å². The minimum Gasteiger partial charge on any atom is -0.855 e. The van der Waals surface area contributed by atoms with Crippen LogP contribution in [-0.4, -0.2) is 48.2 Å². The molecule has 0 aromatic rings. The van der Waals surface area contributed by atoms with E-state index < -0.39 is 5.97 Å². The van der Waals surface area contributed by atoms with Crippen molar-refractivity contribution >= 4 is 5.97 Å². The van der Waals surface area contributed by atoms with Crippen molar-refractivity contribution < 1.29 is 52.0 Å². The first-order valence-electron chi connectivity index (χ1n) is 5.89. The van der Waals surface area contributed by atoms with Gasteiger partial charge in [0.05, 0.1) is 0 Å². The van der Waals surface area contributed by atoms with Gasteiger partial charge in [-0.15, -0.1) is 13.2 Å². The maximum Gasteiger partial charge on any atom is 2.00 e. The Morgan fingerprint density at radius 3 is 1.10 bits per heavy atom. The van der Waals surface area contributed by atoms with Crippen molar-refractivity contribution in [3.63, 3.8) is 0 Å². The number of aliphatic carboxylic acids is 1. The van der Waals surface area contributed by atoms with E-state index in [1.807, 2.05) is 0 Å². The first kappa shape index (κ1) is 36.7. The van der Waals surface area contributed by atoms with E-state index in [0.29, 0.717) is 5.57 Å². The Bertz CT molecular complexity index is 175.